The molecule has 1 aliphatic rings. The summed E-state index contributed by atoms with van der Waals surface area (Å²) in [4.78, 5) is 40.3. The second kappa shape index (κ2) is 14.7. The molecule has 0 spiro atoms. The highest BCUT2D eigenvalue weighted by molar-refractivity contribution is 8.20. The summed E-state index contributed by atoms with van der Waals surface area (Å²) >= 11 is 1.75. The molecule has 0 aliphatic carbocycles. The van der Waals surface area contributed by atoms with Crippen LogP contribution in [0.25, 0.3) is 11.3 Å². The Hall–Kier alpha value is -3.84. The lowest BCUT2D eigenvalue weighted by molar-refractivity contribution is -0.121. The van der Waals surface area contributed by atoms with E-state index in [4.69, 9.17) is 15.2 Å². The minimum Gasteiger partial charge on any atom is -0.489 e. The van der Waals surface area contributed by atoms with Crippen molar-refractivity contribution < 1.29 is 19.1 Å². The Bertz CT molecular complexity index is 1330. The van der Waals surface area contributed by atoms with Crippen molar-refractivity contribution in [3.8, 4) is 17.0 Å². The first kappa shape index (κ1) is 30.1. The fourth-order valence-corrected chi connectivity index (χ4v) is 4.58. The Labute approximate surface area is 245 Å². The van der Waals surface area contributed by atoms with Crippen LogP contribution in [0.2, 0.25) is 0 Å². The van der Waals surface area contributed by atoms with Gasteiger partial charge in [-0.15, -0.1) is 0 Å². The van der Waals surface area contributed by atoms with E-state index in [0.29, 0.717) is 48.6 Å². The van der Waals surface area contributed by atoms with Crippen molar-refractivity contribution in [3.05, 3.63) is 54.6 Å². The fraction of sp³-hybridized carbons (Fsp3) is 0.393. The summed E-state index contributed by atoms with van der Waals surface area (Å²) in [6, 6.07) is 9.16. The smallest absolute Gasteiger partial charge is 0.278 e. The highest BCUT2D eigenvalue weighted by atomic mass is 32.2. The van der Waals surface area contributed by atoms with Crippen LogP contribution in [0.4, 0.5) is 17.2 Å². The molecular weight excluding hydrogens is 541 g/mol. The summed E-state index contributed by atoms with van der Waals surface area (Å²) in [6.45, 7) is 7.11. The second-order valence-electron chi connectivity index (χ2n) is 9.78. The van der Waals surface area contributed by atoms with Crippen molar-refractivity contribution in [1.29, 1.82) is 0 Å². The normalized spacial score (nSPS) is 14.6. The van der Waals surface area contributed by atoms with Crippen LogP contribution in [-0.4, -0.2) is 78.1 Å². The van der Waals surface area contributed by atoms with Crippen LogP contribution in [0.15, 0.2) is 48.9 Å². The molecule has 1 aromatic carbocycles. The van der Waals surface area contributed by atoms with Gasteiger partial charge in [0.25, 0.3) is 5.91 Å². The molecule has 2 unspecified atom stereocenters. The number of hydrogen-bond donors (Lipinski definition) is 3. The van der Waals surface area contributed by atoms with Crippen molar-refractivity contribution in [3.63, 3.8) is 0 Å². The summed E-state index contributed by atoms with van der Waals surface area (Å²) < 4.78 is 11.4. The Balaban J connectivity index is 1.37. The minimum absolute atomic E-state index is 0.0240. The molecule has 0 saturated carbocycles. The number of carbonyl (C=O) groups excluding carboxylic acids is 2. The number of pyridine rings is 1. The Morgan fingerprint density at radius 2 is 1.93 bits per heavy atom. The van der Waals surface area contributed by atoms with E-state index >= 15 is 0 Å². The highest BCUT2D eigenvalue weighted by Gasteiger charge is 2.20. The topological polar surface area (TPSA) is 145 Å². The van der Waals surface area contributed by atoms with E-state index in [-0.39, 0.29) is 23.5 Å². The summed E-state index contributed by atoms with van der Waals surface area (Å²) in [5.41, 5.74) is 8.73. The number of nitrogens with one attached hydrogen (secondary N) is 2. The molecule has 1 saturated heterocycles. The number of carbonyl (C=O) groups is 2. The van der Waals surface area contributed by atoms with Crippen LogP contribution in [0.3, 0.4) is 0 Å². The Kier molecular flexibility index (Phi) is 10.8. The molecule has 2 amide bonds. The molecule has 41 heavy (non-hydrogen) atoms. The predicted molar refractivity (Wildman–Crippen MR) is 165 cm³/mol. The molecule has 13 heteroatoms. The summed E-state index contributed by atoms with van der Waals surface area (Å²) in [5, 5.41) is 6.28. The summed E-state index contributed by atoms with van der Waals surface area (Å²) in [5.74, 6) is 0.235. The van der Waals surface area contributed by atoms with E-state index in [0.717, 1.165) is 30.8 Å². The Morgan fingerprint density at radius 1 is 1.17 bits per heavy atom. The number of nitrogens with two attached hydrogens (primary N) is 1. The lowest BCUT2D eigenvalue weighted by Gasteiger charge is -2.30. The maximum atomic E-state index is 13.2. The van der Waals surface area contributed by atoms with Crippen LogP contribution < -0.4 is 26.0 Å². The zero-order valence-corrected chi connectivity index (χ0v) is 24.4. The monoisotopic (exact) mass is 577 g/mol. The molecular formula is C28H36BN7O4S. The highest BCUT2D eigenvalue weighted by Crippen LogP contribution is 2.27. The average molecular weight is 578 g/mol. The fourth-order valence-electron chi connectivity index (χ4n) is 4.23. The molecule has 2 aromatic heterocycles. The molecule has 3 aromatic rings. The van der Waals surface area contributed by atoms with Crippen molar-refractivity contribution >= 4 is 47.7 Å². The van der Waals surface area contributed by atoms with Crippen LogP contribution in [0.1, 0.15) is 37.2 Å². The summed E-state index contributed by atoms with van der Waals surface area (Å²) in [6.07, 6.45) is 5.97. The number of morpholine rings is 1. The van der Waals surface area contributed by atoms with Crippen LogP contribution in [0.5, 0.6) is 5.75 Å². The van der Waals surface area contributed by atoms with Crippen molar-refractivity contribution in [2.45, 2.75) is 38.0 Å². The number of benzene rings is 1. The van der Waals surface area contributed by atoms with Gasteiger partial charge in [0.05, 0.1) is 49.2 Å². The van der Waals surface area contributed by atoms with E-state index in [1.807, 2.05) is 44.4 Å². The van der Waals surface area contributed by atoms with Crippen LogP contribution in [-0.2, 0) is 9.53 Å². The third-order valence-electron chi connectivity index (χ3n) is 6.67. The number of hydrogen-bond acceptors (Lipinski definition) is 10. The number of nitrogens with zero attached hydrogens (tertiary/aromatic N) is 4. The van der Waals surface area contributed by atoms with Crippen molar-refractivity contribution in [2.24, 2.45) is 0 Å². The van der Waals surface area contributed by atoms with Crippen molar-refractivity contribution in [2.75, 3.05) is 48.8 Å². The van der Waals surface area contributed by atoms with Gasteiger partial charge in [-0.3, -0.25) is 14.6 Å². The number of aromatic nitrogens is 3. The van der Waals surface area contributed by atoms with E-state index in [2.05, 4.69) is 37.4 Å². The van der Waals surface area contributed by atoms with Crippen molar-refractivity contribution in [1.82, 2.24) is 20.3 Å². The first-order chi connectivity index (χ1) is 19.8. The van der Waals surface area contributed by atoms with E-state index in [1.54, 1.807) is 24.0 Å². The maximum Gasteiger partial charge on any atom is 0.278 e. The molecule has 0 bridgehead atoms. The second-order valence-corrected chi connectivity index (χ2v) is 11.1. The van der Waals surface area contributed by atoms with Gasteiger partial charge in [0.15, 0.2) is 18.6 Å². The number of anilines is 3. The van der Waals surface area contributed by atoms with Gasteiger partial charge in [-0.1, -0.05) is 6.92 Å². The molecule has 3 heterocycles. The first-order valence-corrected chi connectivity index (χ1v) is 14.9. The van der Waals surface area contributed by atoms with Crippen LogP contribution in [0, 0.1) is 0 Å². The van der Waals surface area contributed by atoms with E-state index in [9.17, 15) is 9.59 Å². The number of nitrogen functional groups attached to an aromatic ring is 1. The van der Waals surface area contributed by atoms with Gasteiger partial charge in [0.2, 0.25) is 5.91 Å². The minimum atomic E-state index is -0.474. The number of ether oxygens (including phenoxy) is 2. The standard InChI is InChI=1S/C28H36BN7O4S/c1-18(15-32-25(37)8-3-19(2)41-29)40-21-6-4-20(5-7-21)22-17-33-27(30)26(34-22)28(38)35-23-16-31-10-9-24(23)36-11-13-39-14-12-36/h4-7,9-10,16-19H,3,8,11-15,29H2,1-2H3,(H2,30,33)(H,32,37)(H,35,38). The molecule has 1 aliphatic heterocycles. The van der Waals surface area contributed by atoms with E-state index < -0.39 is 5.91 Å². The van der Waals surface area contributed by atoms with Gasteiger partial charge in [-0.2, -0.15) is 0 Å². The molecule has 2 atom stereocenters. The zero-order valence-electron chi connectivity index (χ0n) is 23.6. The summed E-state index contributed by atoms with van der Waals surface area (Å²) in [7, 11) is 2.05. The largest absolute Gasteiger partial charge is 0.489 e. The molecule has 4 rings (SSSR count). The van der Waals surface area contributed by atoms with Gasteiger partial charge in [-0.25, -0.2) is 21.6 Å². The van der Waals surface area contributed by atoms with Gasteiger partial charge in [0.1, 0.15) is 11.9 Å². The molecule has 4 N–H and O–H groups in total. The molecule has 216 valence electrons. The van der Waals surface area contributed by atoms with E-state index in [1.165, 1.54) is 6.20 Å². The molecule has 0 radical (unpaired) electrons. The Morgan fingerprint density at radius 3 is 2.66 bits per heavy atom. The maximum absolute atomic E-state index is 13.2. The predicted octanol–water partition coefficient (Wildman–Crippen LogP) is 2.54. The molecule has 11 nitrogen and oxygen atoms in total. The zero-order chi connectivity index (χ0) is 29.2. The molecule has 1 fully saturated rings. The SMILES string of the molecule is BSC(C)CCC(=O)NCC(C)Oc1ccc(-c2cnc(N)c(C(=O)Nc3cnccc3N3CCOCC3)n2)cc1. The number of amides is 2. The lowest BCUT2D eigenvalue weighted by atomic mass is 10.1. The average Bonchev–Trinajstić information content (AvgIpc) is 3.00. The van der Waals surface area contributed by atoms with Gasteiger partial charge in [-0.05, 0) is 48.9 Å². The van der Waals surface area contributed by atoms with Gasteiger partial charge < -0.3 is 30.7 Å². The first-order valence-electron chi connectivity index (χ1n) is 13.6. The quantitative estimate of drug-likeness (QED) is 0.275. The van der Waals surface area contributed by atoms with Gasteiger partial charge in [0, 0.05) is 31.3 Å². The third kappa shape index (κ3) is 8.57. The van der Waals surface area contributed by atoms with Crippen LogP contribution >= 0.6 is 11.6 Å². The lowest BCUT2D eigenvalue weighted by Crippen LogP contribution is -2.36. The third-order valence-corrected chi connectivity index (χ3v) is 7.71. The van der Waals surface area contributed by atoms with Gasteiger partial charge >= 0.3 is 0 Å². The number of rotatable bonds is 12.